The number of aromatic nitrogens is 5. The minimum atomic E-state index is 0.147. The number of likely N-dealkylation sites (tertiary alicyclic amines) is 1. The fourth-order valence-electron chi connectivity index (χ4n) is 3.10. The molecule has 1 amide bonds. The smallest absolute Gasteiger partial charge is 0.232 e. The lowest BCUT2D eigenvalue weighted by atomic mass is 10.1. The quantitative estimate of drug-likeness (QED) is 0.493. The summed E-state index contributed by atoms with van der Waals surface area (Å²) in [5, 5.41) is 9.12. The lowest BCUT2D eigenvalue weighted by Crippen LogP contribution is -2.36. The Kier molecular flexibility index (Phi) is 5.19. The van der Waals surface area contributed by atoms with Crippen molar-refractivity contribution >= 4 is 28.8 Å². The molecule has 3 aromatic rings. The van der Waals surface area contributed by atoms with E-state index in [0.29, 0.717) is 21.9 Å². The number of piperidine rings is 1. The predicted molar refractivity (Wildman–Crippen MR) is 102 cm³/mol. The first-order chi connectivity index (χ1) is 13.3. The minimum absolute atomic E-state index is 0.147. The van der Waals surface area contributed by atoms with Crippen molar-refractivity contribution in [2.75, 3.05) is 26.0 Å². The van der Waals surface area contributed by atoms with Gasteiger partial charge in [-0.15, -0.1) is 5.10 Å². The molecule has 0 N–H and O–H groups in total. The molecule has 1 aliphatic heterocycles. The highest BCUT2D eigenvalue weighted by atomic mass is 32.2. The first kappa shape index (κ1) is 17.7. The lowest BCUT2D eigenvalue weighted by molar-refractivity contribution is -0.129. The molecule has 1 aliphatic rings. The van der Waals surface area contributed by atoms with Gasteiger partial charge in [0.25, 0.3) is 0 Å². The maximum atomic E-state index is 12.4. The largest absolute Gasteiger partial charge is 0.497 e. The maximum absolute atomic E-state index is 12.4. The fourth-order valence-corrected chi connectivity index (χ4v) is 3.93. The van der Waals surface area contributed by atoms with Crippen molar-refractivity contribution in [1.29, 1.82) is 0 Å². The molecule has 1 saturated heterocycles. The van der Waals surface area contributed by atoms with E-state index in [4.69, 9.17) is 4.74 Å². The van der Waals surface area contributed by atoms with Gasteiger partial charge in [0, 0.05) is 13.1 Å². The number of thioether (sulfide) groups is 1. The molecule has 0 saturated carbocycles. The Morgan fingerprint density at radius 2 is 1.93 bits per heavy atom. The third kappa shape index (κ3) is 3.73. The van der Waals surface area contributed by atoms with Crippen LogP contribution in [-0.2, 0) is 4.79 Å². The van der Waals surface area contributed by atoms with Crippen LogP contribution < -0.4 is 4.74 Å². The maximum Gasteiger partial charge on any atom is 0.232 e. The van der Waals surface area contributed by atoms with Crippen LogP contribution in [0.4, 0.5) is 0 Å². The van der Waals surface area contributed by atoms with E-state index in [-0.39, 0.29) is 5.91 Å². The summed E-state index contributed by atoms with van der Waals surface area (Å²) in [7, 11) is 1.63. The number of fused-ring (bicyclic) bond motifs is 1. The van der Waals surface area contributed by atoms with Crippen LogP contribution in [0.5, 0.6) is 5.75 Å². The average molecular weight is 384 g/mol. The molecular weight excluding hydrogens is 364 g/mol. The molecule has 9 heteroatoms. The summed E-state index contributed by atoms with van der Waals surface area (Å²) in [6.07, 6.45) is 4.87. The van der Waals surface area contributed by atoms with Crippen LogP contribution in [0.15, 0.2) is 35.6 Å². The zero-order valence-electron chi connectivity index (χ0n) is 15.0. The average Bonchev–Trinajstić information content (AvgIpc) is 3.17. The van der Waals surface area contributed by atoms with Crippen molar-refractivity contribution in [3.05, 3.63) is 30.6 Å². The lowest BCUT2D eigenvalue weighted by Gasteiger charge is -2.26. The van der Waals surface area contributed by atoms with Gasteiger partial charge in [0.05, 0.1) is 18.6 Å². The third-order valence-corrected chi connectivity index (χ3v) is 5.53. The molecule has 0 atom stereocenters. The Hall–Kier alpha value is -2.68. The van der Waals surface area contributed by atoms with E-state index in [0.717, 1.165) is 37.4 Å². The molecule has 2 aromatic heterocycles. The molecule has 0 spiro atoms. The van der Waals surface area contributed by atoms with Gasteiger partial charge in [0.15, 0.2) is 11.2 Å². The first-order valence-electron chi connectivity index (χ1n) is 8.87. The molecule has 1 aromatic carbocycles. The van der Waals surface area contributed by atoms with E-state index in [2.05, 4.69) is 20.3 Å². The highest BCUT2D eigenvalue weighted by Crippen LogP contribution is 2.25. The Labute approximate surface area is 160 Å². The zero-order valence-corrected chi connectivity index (χ0v) is 15.9. The Bertz CT molecular complexity index is 937. The normalized spacial score (nSPS) is 14.5. The summed E-state index contributed by atoms with van der Waals surface area (Å²) in [4.78, 5) is 23.0. The monoisotopic (exact) mass is 384 g/mol. The highest BCUT2D eigenvalue weighted by molar-refractivity contribution is 8.00. The Balaban J connectivity index is 1.54. The number of rotatable bonds is 5. The summed E-state index contributed by atoms with van der Waals surface area (Å²) in [6.45, 7) is 1.71. The molecular formula is C18H20N6O2S. The zero-order chi connectivity index (χ0) is 18.6. The van der Waals surface area contributed by atoms with Crippen LogP contribution in [0.3, 0.4) is 0 Å². The van der Waals surface area contributed by atoms with E-state index in [1.54, 1.807) is 11.8 Å². The summed E-state index contributed by atoms with van der Waals surface area (Å²) < 4.78 is 6.85. The number of hydrogen-bond acceptors (Lipinski definition) is 7. The number of ether oxygens (including phenoxy) is 1. The Morgan fingerprint density at radius 3 is 2.67 bits per heavy atom. The molecule has 3 heterocycles. The van der Waals surface area contributed by atoms with Gasteiger partial charge in [-0.25, -0.2) is 9.97 Å². The van der Waals surface area contributed by atoms with Crippen molar-refractivity contribution in [2.24, 2.45) is 0 Å². The van der Waals surface area contributed by atoms with Gasteiger partial charge in [0.1, 0.15) is 17.1 Å². The van der Waals surface area contributed by atoms with Crippen molar-refractivity contribution < 1.29 is 9.53 Å². The van der Waals surface area contributed by atoms with Gasteiger partial charge in [0.2, 0.25) is 5.91 Å². The van der Waals surface area contributed by atoms with E-state index in [1.165, 1.54) is 24.5 Å². The van der Waals surface area contributed by atoms with Crippen LogP contribution in [0.1, 0.15) is 19.3 Å². The van der Waals surface area contributed by atoms with E-state index >= 15 is 0 Å². The van der Waals surface area contributed by atoms with Crippen LogP contribution in [0, 0.1) is 0 Å². The number of hydrogen-bond donors (Lipinski definition) is 0. The predicted octanol–water partition coefficient (Wildman–Crippen LogP) is 2.32. The van der Waals surface area contributed by atoms with Gasteiger partial charge in [-0.05, 0) is 43.5 Å². The SMILES string of the molecule is COc1ccc(-n2nnc3c(SCC(=O)N4CCCCC4)ncnc32)cc1. The Morgan fingerprint density at radius 1 is 1.15 bits per heavy atom. The second kappa shape index (κ2) is 7.91. The highest BCUT2D eigenvalue weighted by Gasteiger charge is 2.19. The molecule has 27 heavy (non-hydrogen) atoms. The standard InChI is InChI=1S/C18H20N6O2S/c1-26-14-7-5-13(6-8-14)24-17-16(21-22-24)18(20-12-19-17)27-11-15(25)23-9-3-2-4-10-23/h5-8,12H,2-4,9-11H2,1H3. The van der Waals surface area contributed by atoms with E-state index < -0.39 is 0 Å². The van der Waals surface area contributed by atoms with Gasteiger partial charge in [-0.1, -0.05) is 17.0 Å². The van der Waals surface area contributed by atoms with Crippen molar-refractivity contribution in [2.45, 2.75) is 24.3 Å². The van der Waals surface area contributed by atoms with Crippen LogP contribution >= 0.6 is 11.8 Å². The molecule has 140 valence electrons. The third-order valence-electron chi connectivity index (χ3n) is 4.56. The second-order valence-corrected chi connectivity index (χ2v) is 7.24. The summed E-state index contributed by atoms with van der Waals surface area (Å²) in [5.74, 6) is 1.26. The number of amides is 1. The van der Waals surface area contributed by atoms with Gasteiger partial charge in [-0.2, -0.15) is 4.68 Å². The molecule has 0 unspecified atom stereocenters. The summed E-state index contributed by atoms with van der Waals surface area (Å²) in [6, 6.07) is 7.50. The number of carbonyl (C=O) groups is 1. The van der Waals surface area contributed by atoms with Gasteiger partial charge >= 0.3 is 0 Å². The molecule has 0 radical (unpaired) electrons. The minimum Gasteiger partial charge on any atom is -0.497 e. The number of nitrogens with zero attached hydrogens (tertiary/aromatic N) is 6. The summed E-state index contributed by atoms with van der Waals surface area (Å²) >= 11 is 1.39. The second-order valence-electron chi connectivity index (χ2n) is 6.28. The summed E-state index contributed by atoms with van der Waals surface area (Å²) in [5.41, 5.74) is 2.05. The molecule has 8 nitrogen and oxygen atoms in total. The topological polar surface area (TPSA) is 86.0 Å². The fraction of sp³-hybridized carbons (Fsp3) is 0.389. The number of benzene rings is 1. The molecule has 0 aliphatic carbocycles. The molecule has 4 rings (SSSR count). The molecule has 0 bridgehead atoms. The van der Waals surface area contributed by atoms with Gasteiger partial charge in [-0.3, -0.25) is 4.79 Å². The van der Waals surface area contributed by atoms with Crippen LogP contribution in [0.25, 0.3) is 16.9 Å². The van der Waals surface area contributed by atoms with E-state index in [1.807, 2.05) is 29.2 Å². The van der Waals surface area contributed by atoms with Crippen LogP contribution in [-0.4, -0.2) is 61.7 Å². The molecule has 1 fully saturated rings. The number of methoxy groups -OCH3 is 1. The first-order valence-corrected chi connectivity index (χ1v) is 9.86. The van der Waals surface area contributed by atoms with Gasteiger partial charge < -0.3 is 9.64 Å². The van der Waals surface area contributed by atoms with Crippen LogP contribution in [0.2, 0.25) is 0 Å². The number of carbonyl (C=O) groups excluding carboxylic acids is 1. The van der Waals surface area contributed by atoms with E-state index in [9.17, 15) is 4.79 Å². The van der Waals surface area contributed by atoms with Crippen molar-refractivity contribution in [3.8, 4) is 11.4 Å². The van der Waals surface area contributed by atoms with Crippen molar-refractivity contribution in [1.82, 2.24) is 29.9 Å². The van der Waals surface area contributed by atoms with Crippen molar-refractivity contribution in [3.63, 3.8) is 0 Å².